The summed E-state index contributed by atoms with van der Waals surface area (Å²) in [4.78, 5) is 16.5. The minimum atomic E-state index is -0.173. The molecule has 2 aliphatic rings. The summed E-state index contributed by atoms with van der Waals surface area (Å²) in [5, 5.41) is 0. The molecule has 2 aliphatic heterocycles. The van der Waals surface area contributed by atoms with Crippen LogP contribution in [-0.4, -0.2) is 48.1 Å². The fourth-order valence-electron chi connectivity index (χ4n) is 3.32. The van der Waals surface area contributed by atoms with Crippen molar-refractivity contribution < 1.29 is 9.53 Å². The number of hydrogen-bond acceptors (Lipinski definition) is 3. The van der Waals surface area contributed by atoms with Crippen LogP contribution in [0.15, 0.2) is 30.3 Å². The van der Waals surface area contributed by atoms with Gasteiger partial charge in [-0.05, 0) is 38.4 Å². The van der Waals surface area contributed by atoms with Crippen LogP contribution in [0.1, 0.15) is 37.9 Å². The number of hydrogen-bond donors (Lipinski definition) is 0. The van der Waals surface area contributed by atoms with Crippen molar-refractivity contribution in [2.45, 2.75) is 38.3 Å². The Labute approximate surface area is 126 Å². The molecule has 0 saturated carbocycles. The Bertz CT molecular complexity index is 471. The van der Waals surface area contributed by atoms with Gasteiger partial charge in [0.25, 0.3) is 0 Å². The third-order valence-corrected chi connectivity index (χ3v) is 4.63. The van der Waals surface area contributed by atoms with Gasteiger partial charge >= 0.3 is 6.09 Å². The van der Waals surface area contributed by atoms with Crippen molar-refractivity contribution >= 4 is 6.09 Å². The van der Waals surface area contributed by atoms with Crippen molar-refractivity contribution in [3.63, 3.8) is 0 Å². The van der Waals surface area contributed by atoms with Crippen molar-refractivity contribution in [3.8, 4) is 0 Å². The quantitative estimate of drug-likeness (QED) is 0.853. The third-order valence-electron chi connectivity index (χ3n) is 4.63. The molecule has 21 heavy (non-hydrogen) atoms. The van der Waals surface area contributed by atoms with E-state index < -0.39 is 0 Å². The van der Waals surface area contributed by atoms with Crippen LogP contribution in [0.2, 0.25) is 0 Å². The number of benzene rings is 1. The van der Waals surface area contributed by atoms with Gasteiger partial charge in [-0.15, -0.1) is 0 Å². The maximum atomic E-state index is 12.1. The smallest absolute Gasteiger partial charge is 0.410 e. The van der Waals surface area contributed by atoms with E-state index >= 15 is 0 Å². The number of nitrogens with zero attached hydrogens (tertiary/aromatic N) is 2. The molecule has 0 aliphatic carbocycles. The molecule has 0 bridgehead atoms. The minimum absolute atomic E-state index is 0.102. The Balaban J connectivity index is 1.59. The van der Waals surface area contributed by atoms with Crippen LogP contribution in [0.25, 0.3) is 0 Å². The van der Waals surface area contributed by atoms with Gasteiger partial charge in [0.2, 0.25) is 0 Å². The van der Waals surface area contributed by atoms with Gasteiger partial charge in [-0.1, -0.05) is 36.8 Å². The van der Waals surface area contributed by atoms with Crippen LogP contribution in [0, 0.1) is 0 Å². The molecule has 4 nitrogen and oxygen atoms in total. The average molecular weight is 288 g/mol. The van der Waals surface area contributed by atoms with Gasteiger partial charge < -0.3 is 14.5 Å². The Morgan fingerprint density at radius 1 is 1.10 bits per heavy atom. The summed E-state index contributed by atoms with van der Waals surface area (Å²) in [6, 6.07) is 10.1. The molecule has 0 spiro atoms. The van der Waals surface area contributed by atoms with Gasteiger partial charge in [0, 0.05) is 13.1 Å². The maximum absolute atomic E-state index is 12.1. The lowest BCUT2D eigenvalue weighted by atomic mass is 10.0. The van der Waals surface area contributed by atoms with E-state index in [4.69, 9.17) is 4.74 Å². The zero-order valence-electron chi connectivity index (χ0n) is 12.7. The highest BCUT2D eigenvalue weighted by molar-refractivity contribution is 5.71. The van der Waals surface area contributed by atoms with Crippen molar-refractivity contribution in [3.05, 3.63) is 35.9 Å². The molecule has 3 rings (SSSR count). The summed E-state index contributed by atoms with van der Waals surface area (Å²) >= 11 is 0. The van der Waals surface area contributed by atoms with Crippen molar-refractivity contribution in [1.29, 1.82) is 0 Å². The number of piperidine rings is 1. The molecule has 1 aromatic carbocycles. The molecule has 114 valence electrons. The van der Waals surface area contributed by atoms with Crippen LogP contribution in [0.4, 0.5) is 4.79 Å². The Kier molecular flexibility index (Phi) is 4.44. The van der Waals surface area contributed by atoms with Crippen molar-refractivity contribution in [1.82, 2.24) is 9.80 Å². The largest absolute Gasteiger partial charge is 0.439 e. The summed E-state index contributed by atoms with van der Waals surface area (Å²) in [5.41, 5.74) is 1.08. The SMILES string of the molecule is CC1C(c2ccccc2)OC(=O)N1CCN1CCCCC1. The Hall–Kier alpha value is -1.55. The highest BCUT2D eigenvalue weighted by Gasteiger charge is 2.39. The van der Waals surface area contributed by atoms with Gasteiger partial charge in [-0.25, -0.2) is 4.79 Å². The van der Waals surface area contributed by atoms with Crippen LogP contribution in [0.3, 0.4) is 0 Å². The number of rotatable bonds is 4. The van der Waals surface area contributed by atoms with Gasteiger partial charge in [0.15, 0.2) is 0 Å². The van der Waals surface area contributed by atoms with Crippen molar-refractivity contribution in [2.75, 3.05) is 26.2 Å². The third kappa shape index (κ3) is 3.21. The Morgan fingerprint density at radius 3 is 2.52 bits per heavy atom. The van der Waals surface area contributed by atoms with Crippen LogP contribution in [0.5, 0.6) is 0 Å². The molecule has 2 heterocycles. The number of amides is 1. The highest BCUT2D eigenvalue weighted by Crippen LogP contribution is 2.31. The van der Waals surface area contributed by atoms with E-state index in [1.165, 1.54) is 32.4 Å². The lowest BCUT2D eigenvalue weighted by Crippen LogP contribution is -2.41. The second kappa shape index (κ2) is 6.48. The topological polar surface area (TPSA) is 32.8 Å². The summed E-state index contributed by atoms with van der Waals surface area (Å²) < 4.78 is 5.58. The molecule has 2 fully saturated rings. The fourth-order valence-corrected chi connectivity index (χ4v) is 3.32. The second-order valence-electron chi connectivity index (χ2n) is 6.05. The highest BCUT2D eigenvalue weighted by atomic mass is 16.6. The number of cyclic esters (lactones) is 1. The molecular formula is C17H24N2O2. The number of carbonyl (C=O) groups is 1. The normalized spacial score (nSPS) is 26.9. The first kappa shape index (κ1) is 14.4. The molecule has 0 aromatic heterocycles. The molecule has 1 aromatic rings. The lowest BCUT2D eigenvalue weighted by molar-refractivity contribution is 0.129. The molecular weight excluding hydrogens is 264 g/mol. The molecule has 2 unspecified atom stereocenters. The summed E-state index contributed by atoms with van der Waals surface area (Å²) in [6.45, 7) is 6.14. The van der Waals surface area contributed by atoms with Crippen LogP contribution >= 0.6 is 0 Å². The zero-order chi connectivity index (χ0) is 14.7. The predicted molar refractivity (Wildman–Crippen MR) is 82.1 cm³/mol. The van der Waals surface area contributed by atoms with Gasteiger partial charge in [-0.3, -0.25) is 0 Å². The van der Waals surface area contributed by atoms with E-state index in [-0.39, 0.29) is 18.2 Å². The minimum Gasteiger partial charge on any atom is -0.439 e. The van der Waals surface area contributed by atoms with Gasteiger partial charge in [0.05, 0.1) is 6.04 Å². The average Bonchev–Trinajstić information content (AvgIpc) is 2.82. The lowest BCUT2D eigenvalue weighted by Gasteiger charge is -2.29. The molecule has 2 atom stereocenters. The van der Waals surface area contributed by atoms with Gasteiger partial charge in [0.1, 0.15) is 6.10 Å². The second-order valence-corrected chi connectivity index (χ2v) is 6.05. The first-order valence-electron chi connectivity index (χ1n) is 8.00. The summed E-state index contributed by atoms with van der Waals surface area (Å²) in [6.07, 6.45) is 3.60. The van der Waals surface area contributed by atoms with E-state index in [9.17, 15) is 4.79 Å². The van der Waals surface area contributed by atoms with Crippen LogP contribution < -0.4 is 0 Å². The first-order chi connectivity index (χ1) is 10.3. The standard InChI is InChI=1S/C17H24N2O2/c1-14-16(15-8-4-2-5-9-15)21-17(20)19(14)13-12-18-10-6-3-7-11-18/h2,4-5,8-9,14,16H,3,6-7,10-13H2,1H3. The van der Waals surface area contributed by atoms with E-state index in [2.05, 4.69) is 11.8 Å². The molecule has 0 N–H and O–H groups in total. The Morgan fingerprint density at radius 2 is 1.81 bits per heavy atom. The number of likely N-dealkylation sites (tertiary alicyclic amines) is 1. The monoisotopic (exact) mass is 288 g/mol. The van der Waals surface area contributed by atoms with E-state index in [1.54, 1.807) is 0 Å². The molecule has 2 saturated heterocycles. The molecule has 4 heteroatoms. The summed E-state index contributed by atoms with van der Waals surface area (Å²) in [5.74, 6) is 0. The fraction of sp³-hybridized carbons (Fsp3) is 0.588. The predicted octanol–water partition coefficient (Wildman–Crippen LogP) is 3.05. The maximum Gasteiger partial charge on any atom is 0.410 e. The van der Waals surface area contributed by atoms with E-state index in [0.29, 0.717) is 0 Å². The molecule has 0 radical (unpaired) electrons. The van der Waals surface area contributed by atoms with E-state index in [1.807, 2.05) is 35.2 Å². The number of ether oxygens (including phenoxy) is 1. The van der Waals surface area contributed by atoms with Crippen molar-refractivity contribution in [2.24, 2.45) is 0 Å². The van der Waals surface area contributed by atoms with Crippen LogP contribution in [-0.2, 0) is 4.74 Å². The first-order valence-corrected chi connectivity index (χ1v) is 8.00. The summed E-state index contributed by atoms with van der Waals surface area (Å²) in [7, 11) is 0. The van der Waals surface area contributed by atoms with E-state index in [0.717, 1.165) is 18.7 Å². The zero-order valence-corrected chi connectivity index (χ0v) is 12.7. The molecule has 1 amide bonds. The number of carbonyl (C=O) groups excluding carboxylic acids is 1. The van der Waals surface area contributed by atoms with Gasteiger partial charge in [-0.2, -0.15) is 0 Å².